The van der Waals surface area contributed by atoms with Gasteiger partial charge in [0.15, 0.2) is 0 Å². The molecule has 1 aromatic rings. The first kappa shape index (κ1) is 13.4. The summed E-state index contributed by atoms with van der Waals surface area (Å²) in [6.45, 7) is 6.72. The first-order valence-electron chi connectivity index (χ1n) is 5.84. The molecule has 5 heteroatoms. The smallest absolute Gasteiger partial charge is 0.269 e. The highest BCUT2D eigenvalue weighted by atomic mass is 16.6. The van der Waals surface area contributed by atoms with Crippen molar-refractivity contribution < 1.29 is 4.92 Å². The molecule has 0 amide bonds. The molecule has 5 nitrogen and oxygen atoms in total. The average molecular weight is 237 g/mol. The second-order valence-electron chi connectivity index (χ2n) is 3.93. The van der Waals surface area contributed by atoms with E-state index in [2.05, 4.69) is 17.6 Å². The first-order chi connectivity index (χ1) is 8.15. The fourth-order valence-corrected chi connectivity index (χ4v) is 1.55. The minimum atomic E-state index is -0.375. The van der Waals surface area contributed by atoms with Crippen LogP contribution in [0, 0.1) is 17.0 Å². The predicted molar refractivity (Wildman–Crippen MR) is 69.5 cm³/mol. The Morgan fingerprint density at radius 2 is 2.06 bits per heavy atom. The van der Waals surface area contributed by atoms with E-state index in [4.69, 9.17) is 0 Å². The Morgan fingerprint density at radius 1 is 1.29 bits per heavy atom. The average Bonchev–Trinajstić information content (AvgIpc) is 2.30. The highest BCUT2D eigenvalue weighted by Gasteiger charge is 2.07. The molecule has 0 bridgehead atoms. The molecular formula is C12H19N3O2. The van der Waals surface area contributed by atoms with Crippen LogP contribution in [0.2, 0.25) is 0 Å². The van der Waals surface area contributed by atoms with Crippen LogP contribution in [0.5, 0.6) is 0 Å². The van der Waals surface area contributed by atoms with E-state index in [0.717, 1.165) is 37.3 Å². The lowest BCUT2D eigenvalue weighted by atomic mass is 10.2. The van der Waals surface area contributed by atoms with Crippen molar-refractivity contribution in [1.82, 2.24) is 5.32 Å². The molecule has 0 aliphatic carbocycles. The van der Waals surface area contributed by atoms with Gasteiger partial charge in [0.1, 0.15) is 0 Å². The third-order valence-electron chi connectivity index (χ3n) is 2.46. The third kappa shape index (κ3) is 4.40. The van der Waals surface area contributed by atoms with Crippen LogP contribution in [0.1, 0.15) is 18.9 Å². The Bertz CT molecular complexity index is 380. The molecule has 94 valence electrons. The van der Waals surface area contributed by atoms with Gasteiger partial charge in [-0.1, -0.05) is 6.92 Å². The number of anilines is 1. The number of nitrogens with one attached hydrogen (secondary N) is 2. The van der Waals surface area contributed by atoms with Crippen LogP contribution < -0.4 is 10.6 Å². The molecule has 0 unspecified atom stereocenters. The lowest BCUT2D eigenvalue weighted by molar-refractivity contribution is -0.384. The van der Waals surface area contributed by atoms with Crippen molar-refractivity contribution in [2.75, 3.05) is 25.0 Å². The number of hydrogen-bond donors (Lipinski definition) is 2. The molecule has 0 fully saturated rings. The fourth-order valence-electron chi connectivity index (χ4n) is 1.55. The molecule has 1 rings (SSSR count). The van der Waals surface area contributed by atoms with Crippen LogP contribution in [0.4, 0.5) is 11.4 Å². The van der Waals surface area contributed by atoms with Gasteiger partial charge in [-0.2, -0.15) is 0 Å². The number of rotatable bonds is 7. The van der Waals surface area contributed by atoms with Crippen LogP contribution in [0.3, 0.4) is 0 Å². The highest BCUT2D eigenvalue weighted by Crippen LogP contribution is 2.20. The molecule has 0 atom stereocenters. The Morgan fingerprint density at radius 3 is 2.65 bits per heavy atom. The van der Waals surface area contributed by atoms with Crippen molar-refractivity contribution in [3.8, 4) is 0 Å². The minimum Gasteiger partial charge on any atom is -0.384 e. The summed E-state index contributed by atoms with van der Waals surface area (Å²) in [4.78, 5) is 10.2. The molecule has 0 aliphatic heterocycles. The molecule has 0 saturated heterocycles. The van der Waals surface area contributed by atoms with E-state index in [-0.39, 0.29) is 10.6 Å². The first-order valence-corrected chi connectivity index (χ1v) is 5.84. The molecule has 0 spiro atoms. The number of nitro groups is 1. The minimum absolute atomic E-state index is 0.136. The van der Waals surface area contributed by atoms with Crippen molar-refractivity contribution in [3.05, 3.63) is 33.9 Å². The summed E-state index contributed by atoms with van der Waals surface area (Å²) >= 11 is 0. The summed E-state index contributed by atoms with van der Waals surface area (Å²) in [5, 5.41) is 17.1. The van der Waals surface area contributed by atoms with E-state index in [1.807, 2.05) is 6.92 Å². The van der Waals surface area contributed by atoms with E-state index < -0.39 is 0 Å². The summed E-state index contributed by atoms with van der Waals surface area (Å²) in [6, 6.07) is 4.86. The zero-order valence-corrected chi connectivity index (χ0v) is 10.3. The summed E-state index contributed by atoms with van der Waals surface area (Å²) in [7, 11) is 0. The predicted octanol–water partition coefficient (Wildman–Crippen LogP) is 2.31. The molecule has 0 radical (unpaired) electrons. The van der Waals surface area contributed by atoms with Gasteiger partial charge in [-0.3, -0.25) is 10.1 Å². The van der Waals surface area contributed by atoms with Gasteiger partial charge >= 0.3 is 0 Å². The zero-order valence-electron chi connectivity index (χ0n) is 10.3. The number of aryl methyl sites for hydroxylation is 1. The van der Waals surface area contributed by atoms with Crippen LogP contribution in [0.15, 0.2) is 18.2 Å². The van der Waals surface area contributed by atoms with E-state index in [1.54, 1.807) is 12.1 Å². The van der Waals surface area contributed by atoms with E-state index in [1.165, 1.54) is 6.07 Å². The van der Waals surface area contributed by atoms with E-state index in [9.17, 15) is 10.1 Å². The van der Waals surface area contributed by atoms with Gasteiger partial charge in [-0.15, -0.1) is 0 Å². The standard InChI is InChI=1S/C12H19N3O2/c1-3-6-13-7-8-14-12-5-4-11(15(16)17)9-10(12)2/h4-5,9,13-14H,3,6-8H2,1-2H3. The molecule has 17 heavy (non-hydrogen) atoms. The SMILES string of the molecule is CCCNCCNc1ccc([N+](=O)[O-])cc1C. The van der Waals surface area contributed by atoms with E-state index in [0.29, 0.717) is 0 Å². The van der Waals surface area contributed by atoms with Crippen LogP contribution in [0.25, 0.3) is 0 Å². The zero-order chi connectivity index (χ0) is 12.7. The number of hydrogen-bond acceptors (Lipinski definition) is 4. The number of benzene rings is 1. The quantitative estimate of drug-likeness (QED) is 0.434. The normalized spacial score (nSPS) is 10.2. The van der Waals surface area contributed by atoms with Gasteiger partial charge in [0.05, 0.1) is 4.92 Å². The number of nitro benzene ring substituents is 1. The van der Waals surface area contributed by atoms with Gasteiger partial charge in [-0.25, -0.2) is 0 Å². The second kappa shape index (κ2) is 6.85. The van der Waals surface area contributed by atoms with Crippen molar-refractivity contribution in [2.24, 2.45) is 0 Å². The lowest BCUT2D eigenvalue weighted by Gasteiger charge is -2.09. The third-order valence-corrected chi connectivity index (χ3v) is 2.46. The number of nitrogens with zero attached hydrogens (tertiary/aromatic N) is 1. The summed E-state index contributed by atoms with van der Waals surface area (Å²) in [6.07, 6.45) is 1.12. The van der Waals surface area contributed by atoms with Crippen LogP contribution >= 0.6 is 0 Å². The molecule has 1 aromatic carbocycles. The van der Waals surface area contributed by atoms with Crippen LogP contribution in [-0.2, 0) is 0 Å². The van der Waals surface area contributed by atoms with Gasteiger partial charge < -0.3 is 10.6 Å². The lowest BCUT2D eigenvalue weighted by Crippen LogP contribution is -2.22. The molecular weight excluding hydrogens is 218 g/mol. The molecule has 0 heterocycles. The van der Waals surface area contributed by atoms with E-state index >= 15 is 0 Å². The monoisotopic (exact) mass is 237 g/mol. The largest absolute Gasteiger partial charge is 0.384 e. The topological polar surface area (TPSA) is 67.2 Å². The van der Waals surface area contributed by atoms with Gasteiger partial charge in [0.2, 0.25) is 0 Å². The maximum Gasteiger partial charge on any atom is 0.269 e. The summed E-state index contributed by atoms with van der Waals surface area (Å²) in [5.41, 5.74) is 1.99. The van der Waals surface area contributed by atoms with Crippen molar-refractivity contribution >= 4 is 11.4 Å². The number of non-ortho nitro benzene ring substituents is 1. The van der Waals surface area contributed by atoms with Crippen molar-refractivity contribution in [2.45, 2.75) is 20.3 Å². The van der Waals surface area contributed by atoms with Gasteiger partial charge in [0, 0.05) is 30.9 Å². The van der Waals surface area contributed by atoms with Crippen molar-refractivity contribution in [1.29, 1.82) is 0 Å². The Hall–Kier alpha value is -1.62. The van der Waals surface area contributed by atoms with Crippen molar-refractivity contribution in [3.63, 3.8) is 0 Å². The maximum absolute atomic E-state index is 10.6. The second-order valence-corrected chi connectivity index (χ2v) is 3.93. The van der Waals surface area contributed by atoms with Gasteiger partial charge in [-0.05, 0) is 31.5 Å². The van der Waals surface area contributed by atoms with Gasteiger partial charge in [0.25, 0.3) is 5.69 Å². The van der Waals surface area contributed by atoms with Crippen LogP contribution in [-0.4, -0.2) is 24.6 Å². The fraction of sp³-hybridized carbons (Fsp3) is 0.500. The molecule has 0 saturated carbocycles. The molecule has 0 aromatic heterocycles. The Balaban J connectivity index is 2.46. The highest BCUT2D eigenvalue weighted by molar-refractivity contribution is 5.55. The summed E-state index contributed by atoms with van der Waals surface area (Å²) in [5.74, 6) is 0. The Kier molecular flexibility index (Phi) is 5.42. The summed E-state index contributed by atoms with van der Waals surface area (Å²) < 4.78 is 0. The molecule has 0 aliphatic rings. The molecule has 2 N–H and O–H groups in total. The maximum atomic E-state index is 10.6. The Labute approximate surface area is 101 Å².